The third-order valence-corrected chi connectivity index (χ3v) is 6.82. The summed E-state index contributed by atoms with van der Waals surface area (Å²) in [5.74, 6) is -0.0465. The molecule has 0 spiro atoms. The fraction of sp³-hybridized carbons (Fsp3) is 0.190. The number of aryl methyl sites for hydroxylation is 1. The van der Waals surface area contributed by atoms with Crippen molar-refractivity contribution in [3.05, 3.63) is 48.4 Å². The van der Waals surface area contributed by atoms with Gasteiger partial charge in [0, 0.05) is 43.3 Å². The van der Waals surface area contributed by atoms with Crippen LogP contribution >= 0.6 is 11.3 Å². The highest BCUT2D eigenvalue weighted by atomic mass is 32.2. The van der Waals surface area contributed by atoms with Crippen LogP contribution in [0.4, 0.5) is 15.9 Å². The second-order valence-electron chi connectivity index (χ2n) is 7.38. The van der Waals surface area contributed by atoms with Crippen LogP contribution in [0.2, 0.25) is 0 Å². The van der Waals surface area contributed by atoms with Crippen LogP contribution in [0, 0.1) is 6.92 Å². The van der Waals surface area contributed by atoms with Gasteiger partial charge in [-0.2, -0.15) is 8.42 Å². The first-order valence-electron chi connectivity index (χ1n) is 10.2. The van der Waals surface area contributed by atoms with Gasteiger partial charge in [-0.15, -0.1) is 0 Å². The number of fused-ring (bicyclic) bond motifs is 1. The van der Waals surface area contributed by atoms with Gasteiger partial charge in [0.15, 0.2) is 5.13 Å². The quantitative estimate of drug-likeness (QED) is 0.369. The molecule has 4 aromatic rings. The monoisotopic (exact) mass is 498 g/mol. The van der Waals surface area contributed by atoms with Crippen molar-refractivity contribution in [3.8, 4) is 22.4 Å². The Morgan fingerprint density at radius 3 is 2.47 bits per heavy atom. The maximum atomic E-state index is 12.0. The lowest BCUT2D eigenvalue weighted by molar-refractivity contribution is 0.252. The van der Waals surface area contributed by atoms with Crippen LogP contribution in [0.5, 0.6) is 0 Å². The number of thiazole rings is 1. The summed E-state index contributed by atoms with van der Waals surface area (Å²) in [5, 5.41) is 11.0. The van der Waals surface area contributed by atoms with E-state index in [1.165, 1.54) is 30.8 Å². The highest BCUT2D eigenvalue weighted by molar-refractivity contribution is 7.90. The summed E-state index contributed by atoms with van der Waals surface area (Å²) in [6.07, 6.45) is 4.80. The summed E-state index contributed by atoms with van der Waals surface area (Å²) < 4.78 is 24.8. The highest BCUT2D eigenvalue weighted by Gasteiger charge is 2.18. The number of carbonyl (C=O) groups excluding carboxylic acids is 1. The van der Waals surface area contributed by atoms with Gasteiger partial charge in [0.2, 0.25) is 5.95 Å². The fourth-order valence-electron chi connectivity index (χ4n) is 3.12. The number of benzene rings is 1. The predicted octanol–water partition coefficient (Wildman–Crippen LogP) is 2.90. The molecule has 0 atom stereocenters. The van der Waals surface area contributed by atoms with Crippen molar-refractivity contribution in [1.82, 2.24) is 25.3 Å². The topological polar surface area (TPSA) is 156 Å². The van der Waals surface area contributed by atoms with Gasteiger partial charge in [0.05, 0.1) is 15.9 Å². The normalized spacial score (nSPS) is 11.4. The number of carbonyl (C=O) groups is 1. The first-order valence-corrected chi connectivity index (χ1v) is 12.5. The molecule has 2 amide bonds. The number of aromatic nitrogens is 4. The zero-order valence-corrected chi connectivity index (χ0v) is 20.2. The number of pyridine rings is 1. The molecule has 0 aliphatic rings. The molecule has 0 radical (unpaired) electrons. The third-order valence-electron chi connectivity index (χ3n) is 4.87. The molecule has 0 saturated carbocycles. The average Bonchev–Trinajstić information content (AvgIpc) is 3.20. The minimum atomic E-state index is -3.97. The summed E-state index contributed by atoms with van der Waals surface area (Å²) in [7, 11) is -2.69. The van der Waals surface area contributed by atoms with Crippen LogP contribution < -0.4 is 20.1 Å². The first-order chi connectivity index (χ1) is 16.2. The van der Waals surface area contributed by atoms with E-state index in [1.807, 2.05) is 38.1 Å². The highest BCUT2D eigenvalue weighted by Crippen LogP contribution is 2.38. The van der Waals surface area contributed by atoms with Crippen molar-refractivity contribution in [2.45, 2.75) is 13.8 Å². The minimum absolute atomic E-state index is 0.0465. The lowest BCUT2D eigenvalue weighted by atomic mass is 10.0. The molecule has 1 aromatic carbocycles. The van der Waals surface area contributed by atoms with Gasteiger partial charge in [0.1, 0.15) is 0 Å². The van der Waals surface area contributed by atoms with E-state index in [2.05, 4.69) is 30.6 Å². The van der Waals surface area contributed by atoms with Crippen LogP contribution in [0.3, 0.4) is 0 Å². The van der Waals surface area contributed by atoms with Crippen LogP contribution in [-0.4, -0.2) is 48.0 Å². The van der Waals surface area contributed by atoms with E-state index in [4.69, 9.17) is 5.14 Å². The molecular weight excluding hydrogens is 476 g/mol. The van der Waals surface area contributed by atoms with Crippen LogP contribution in [0.1, 0.15) is 12.5 Å². The largest absolute Gasteiger partial charge is 0.338 e. The summed E-state index contributed by atoms with van der Waals surface area (Å²) in [6.45, 7) is 4.29. The van der Waals surface area contributed by atoms with Crippen molar-refractivity contribution in [2.75, 3.05) is 23.2 Å². The number of anilines is 2. The maximum Gasteiger partial charge on any atom is 0.321 e. The molecule has 0 saturated heterocycles. The van der Waals surface area contributed by atoms with Gasteiger partial charge in [-0.1, -0.05) is 17.4 Å². The third kappa shape index (κ3) is 4.95. The summed E-state index contributed by atoms with van der Waals surface area (Å²) in [4.78, 5) is 29.4. The predicted molar refractivity (Wildman–Crippen MR) is 133 cm³/mol. The maximum absolute atomic E-state index is 12.0. The lowest BCUT2D eigenvalue weighted by Crippen LogP contribution is -2.34. The molecular formula is C21H22N8O3S2. The van der Waals surface area contributed by atoms with E-state index in [9.17, 15) is 13.2 Å². The zero-order chi connectivity index (χ0) is 24.5. The van der Waals surface area contributed by atoms with Gasteiger partial charge in [-0.3, -0.25) is 10.3 Å². The molecule has 3 heterocycles. The number of nitrogens with one attached hydrogen (secondary N) is 2. The van der Waals surface area contributed by atoms with Gasteiger partial charge in [-0.05, 0) is 43.2 Å². The molecule has 0 aliphatic carbocycles. The van der Waals surface area contributed by atoms with E-state index >= 15 is 0 Å². The Labute approximate surface area is 200 Å². The standard InChI is InChI=1S/C21H22N8O3S2/c1-4-23-20(30)28-21-27-17-8-13(14-10-25-19(26-11-14)29(3)34(22,31)32)7-15(18(17)33-21)16-6-5-12(2)9-24-16/h5-11H,4H2,1-3H3,(H2,22,31,32)(H2,23,27,28,30). The Bertz CT molecular complexity index is 1450. The Morgan fingerprint density at radius 2 is 1.85 bits per heavy atom. The number of amides is 2. The summed E-state index contributed by atoms with van der Waals surface area (Å²) in [6, 6.07) is 7.35. The van der Waals surface area contributed by atoms with E-state index in [0.717, 1.165) is 31.4 Å². The van der Waals surface area contributed by atoms with Crippen molar-refractivity contribution < 1.29 is 13.2 Å². The molecule has 11 nitrogen and oxygen atoms in total. The van der Waals surface area contributed by atoms with Crippen molar-refractivity contribution >= 4 is 48.9 Å². The van der Waals surface area contributed by atoms with Crippen molar-refractivity contribution in [1.29, 1.82) is 0 Å². The van der Waals surface area contributed by atoms with Gasteiger partial charge >= 0.3 is 16.2 Å². The number of nitrogens with zero attached hydrogens (tertiary/aromatic N) is 5. The van der Waals surface area contributed by atoms with Crippen molar-refractivity contribution in [3.63, 3.8) is 0 Å². The number of rotatable bonds is 6. The Hall–Kier alpha value is -3.68. The molecule has 0 aliphatic heterocycles. The summed E-state index contributed by atoms with van der Waals surface area (Å²) >= 11 is 1.35. The van der Waals surface area contributed by atoms with Crippen LogP contribution in [-0.2, 0) is 10.2 Å². The summed E-state index contributed by atoms with van der Waals surface area (Å²) in [5.41, 5.74) is 4.67. The Balaban J connectivity index is 1.81. The average molecular weight is 499 g/mol. The van der Waals surface area contributed by atoms with E-state index in [0.29, 0.717) is 22.8 Å². The Morgan fingerprint density at radius 1 is 1.12 bits per heavy atom. The molecule has 4 rings (SSSR count). The molecule has 13 heteroatoms. The molecule has 176 valence electrons. The van der Waals surface area contributed by atoms with Gasteiger partial charge in [-0.25, -0.2) is 29.2 Å². The molecule has 4 N–H and O–H groups in total. The fourth-order valence-corrected chi connectivity index (χ4v) is 4.40. The van der Waals surface area contributed by atoms with Gasteiger partial charge in [0.25, 0.3) is 0 Å². The van der Waals surface area contributed by atoms with Crippen LogP contribution in [0.15, 0.2) is 42.9 Å². The number of nitrogens with two attached hydrogens (primary N) is 1. The number of urea groups is 1. The van der Waals surface area contributed by atoms with E-state index in [1.54, 1.807) is 6.20 Å². The lowest BCUT2D eigenvalue weighted by Gasteiger charge is -2.13. The smallest absolute Gasteiger partial charge is 0.321 e. The number of hydrogen-bond acceptors (Lipinski definition) is 8. The minimum Gasteiger partial charge on any atom is -0.338 e. The Kier molecular flexibility index (Phi) is 6.41. The zero-order valence-electron chi connectivity index (χ0n) is 18.6. The first kappa shape index (κ1) is 23.5. The molecule has 3 aromatic heterocycles. The second kappa shape index (κ2) is 9.29. The molecule has 0 unspecified atom stereocenters. The van der Waals surface area contributed by atoms with E-state index in [-0.39, 0.29) is 12.0 Å². The molecule has 0 fully saturated rings. The molecule has 0 bridgehead atoms. The SMILES string of the molecule is CCNC(=O)Nc1nc2cc(-c3cnc(N(C)S(N)(=O)=O)nc3)cc(-c3ccc(C)cn3)c2s1. The van der Waals surface area contributed by atoms with Crippen molar-refractivity contribution in [2.24, 2.45) is 5.14 Å². The van der Waals surface area contributed by atoms with E-state index < -0.39 is 10.2 Å². The van der Waals surface area contributed by atoms with Gasteiger partial charge < -0.3 is 5.32 Å². The number of hydrogen-bond donors (Lipinski definition) is 3. The second-order valence-corrected chi connectivity index (χ2v) is 9.96. The van der Waals surface area contributed by atoms with Crippen LogP contribution in [0.25, 0.3) is 32.6 Å². The molecule has 34 heavy (non-hydrogen) atoms.